The average Bonchev–Trinajstić information content (AvgIpc) is 3.19. The summed E-state index contributed by atoms with van der Waals surface area (Å²) in [5.74, 6) is -0.177. The van der Waals surface area contributed by atoms with Crippen LogP contribution < -0.4 is 25.8 Å². The highest BCUT2D eigenvalue weighted by atomic mass is 35.5. The minimum Gasteiger partial charge on any atom is -0.493 e. The van der Waals surface area contributed by atoms with Crippen LogP contribution in [0, 0.1) is 5.82 Å². The number of nitrogens with two attached hydrogens (primary N) is 1. The van der Waals surface area contributed by atoms with Gasteiger partial charge in [0.1, 0.15) is 12.4 Å². The van der Waals surface area contributed by atoms with E-state index in [0.717, 1.165) is 5.56 Å². The Balaban J connectivity index is 1.52. The maximum absolute atomic E-state index is 13.2. The second-order valence-corrected chi connectivity index (χ2v) is 7.38. The van der Waals surface area contributed by atoms with Crippen LogP contribution in [0.3, 0.4) is 0 Å². The van der Waals surface area contributed by atoms with E-state index in [9.17, 15) is 9.18 Å². The molecular weight excluding hydrogens is 464 g/mol. The smallest absolute Gasteiger partial charge is 0.277 e. The minimum absolute atomic E-state index is 0.0565. The van der Waals surface area contributed by atoms with Gasteiger partial charge in [0.05, 0.1) is 17.2 Å². The van der Waals surface area contributed by atoms with Crippen molar-refractivity contribution in [3.8, 4) is 11.5 Å². The number of nitrogens with zero attached hydrogens (tertiary/aromatic N) is 2. The lowest BCUT2D eigenvalue weighted by atomic mass is 10.2. The summed E-state index contributed by atoms with van der Waals surface area (Å²) < 4.78 is 28.8. The molecule has 0 atom stereocenters. The third-order valence-electron chi connectivity index (χ3n) is 4.32. The van der Waals surface area contributed by atoms with Gasteiger partial charge in [0.25, 0.3) is 5.91 Å². The molecule has 12 heteroatoms. The highest BCUT2D eigenvalue weighted by molar-refractivity contribution is 6.32. The lowest BCUT2D eigenvalue weighted by Crippen LogP contribution is -2.32. The van der Waals surface area contributed by atoms with Crippen LogP contribution in [0.5, 0.6) is 11.5 Å². The van der Waals surface area contributed by atoms with Crippen molar-refractivity contribution in [1.82, 2.24) is 20.9 Å². The normalized spacial score (nSPS) is 10.8. The van der Waals surface area contributed by atoms with E-state index in [1.807, 2.05) is 0 Å². The quantitative estimate of drug-likeness (QED) is 0.375. The molecule has 0 saturated heterocycles. The molecule has 1 aromatic heterocycles. The molecular formula is C20H20Cl2FN5O4. The predicted octanol–water partition coefficient (Wildman–Crippen LogP) is 3.20. The van der Waals surface area contributed by atoms with Crippen LogP contribution in [0.4, 0.5) is 10.2 Å². The SMILES string of the molecule is COc1cc(CNCCNC(=O)c2nonc2N)cc(Cl)c1OCc1ccc(F)cc1Cl. The molecule has 0 saturated carbocycles. The number of carbonyl (C=O) groups excluding carboxylic acids is 1. The van der Waals surface area contributed by atoms with Gasteiger partial charge in [-0.3, -0.25) is 4.79 Å². The fraction of sp³-hybridized carbons (Fsp3) is 0.250. The lowest BCUT2D eigenvalue weighted by Gasteiger charge is -2.15. The number of carbonyl (C=O) groups is 1. The zero-order valence-electron chi connectivity index (χ0n) is 17.0. The second-order valence-electron chi connectivity index (χ2n) is 6.56. The van der Waals surface area contributed by atoms with Gasteiger partial charge in [0, 0.05) is 25.2 Å². The summed E-state index contributed by atoms with van der Waals surface area (Å²) in [5, 5.41) is 13.2. The van der Waals surface area contributed by atoms with Crippen molar-refractivity contribution in [2.45, 2.75) is 13.2 Å². The molecule has 0 radical (unpaired) electrons. The summed E-state index contributed by atoms with van der Waals surface area (Å²) in [6, 6.07) is 7.58. The van der Waals surface area contributed by atoms with Crippen LogP contribution in [0.2, 0.25) is 10.0 Å². The number of hydrogen-bond donors (Lipinski definition) is 3. The summed E-state index contributed by atoms with van der Waals surface area (Å²) >= 11 is 12.4. The molecule has 32 heavy (non-hydrogen) atoms. The van der Waals surface area contributed by atoms with Crippen LogP contribution in [-0.4, -0.2) is 36.4 Å². The van der Waals surface area contributed by atoms with Crippen molar-refractivity contribution in [1.29, 1.82) is 0 Å². The molecule has 0 spiro atoms. The highest BCUT2D eigenvalue weighted by Crippen LogP contribution is 2.37. The summed E-state index contributed by atoms with van der Waals surface area (Å²) in [6.45, 7) is 1.36. The maximum atomic E-state index is 13.2. The van der Waals surface area contributed by atoms with Crippen LogP contribution in [0.25, 0.3) is 0 Å². The van der Waals surface area contributed by atoms with E-state index >= 15 is 0 Å². The molecule has 1 amide bonds. The highest BCUT2D eigenvalue weighted by Gasteiger charge is 2.15. The van der Waals surface area contributed by atoms with Crippen LogP contribution in [0.15, 0.2) is 35.0 Å². The van der Waals surface area contributed by atoms with Gasteiger partial charge in [0.15, 0.2) is 11.5 Å². The largest absolute Gasteiger partial charge is 0.493 e. The Kier molecular flexibility index (Phi) is 8.09. The number of halogens is 3. The Labute approximate surface area is 192 Å². The number of hydrogen-bond acceptors (Lipinski definition) is 8. The van der Waals surface area contributed by atoms with Crippen LogP contribution >= 0.6 is 23.2 Å². The molecule has 170 valence electrons. The second kappa shape index (κ2) is 11.0. The van der Waals surface area contributed by atoms with Gasteiger partial charge < -0.3 is 25.8 Å². The third kappa shape index (κ3) is 6.00. The van der Waals surface area contributed by atoms with Gasteiger partial charge in [-0.1, -0.05) is 29.3 Å². The number of amides is 1. The van der Waals surface area contributed by atoms with Crippen LogP contribution in [0.1, 0.15) is 21.6 Å². The first-order chi connectivity index (χ1) is 15.4. The van der Waals surface area contributed by atoms with E-state index in [-0.39, 0.29) is 23.1 Å². The molecule has 0 fully saturated rings. The number of anilines is 1. The van der Waals surface area contributed by atoms with Gasteiger partial charge in [0.2, 0.25) is 11.5 Å². The minimum atomic E-state index is -0.474. The Bertz CT molecular complexity index is 1100. The van der Waals surface area contributed by atoms with Crippen molar-refractivity contribution >= 4 is 34.9 Å². The lowest BCUT2D eigenvalue weighted by molar-refractivity contribution is 0.0944. The number of nitrogens with one attached hydrogen (secondary N) is 2. The zero-order valence-corrected chi connectivity index (χ0v) is 18.5. The number of rotatable bonds is 10. The Morgan fingerprint density at radius 2 is 2.00 bits per heavy atom. The van der Waals surface area contributed by atoms with Gasteiger partial charge in [-0.15, -0.1) is 0 Å². The standard InChI is InChI=1S/C20H20Cl2FN5O4/c1-30-16-7-11(9-25-4-5-26-20(29)17-19(24)28-32-27-17)6-15(22)18(16)31-10-12-2-3-13(23)8-14(12)21/h2-3,6-8,25H,4-5,9-10H2,1H3,(H2,24,28)(H,26,29). The van der Waals surface area contributed by atoms with E-state index < -0.39 is 11.7 Å². The first kappa shape index (κ1) is 23.6. The molecule has 3 rings (SSSR count). The summed E-state index contributed by atoms with van der Waals surface area (Å²) in [6.07, 6.45) is 0. The van der Waals surface area contributed by atoms with E-state index in [1.165, 1.54) is 19.2 Å². The molecule has 9 nitrogen and oxygen atoms in total. The molecule has 0 aliphatic heterocycles. The molecule has 0 bridgehead atoms. The topological polar surface area (TPSA) is 125 Å². The first-order valence-electron chi connectivity index (χ1n) is 9.39. The zero-order chi connectivity index (χ0) is 23.1. The molecule has 2 aromatic carbocycles. The van der Waals surface area contributed by atoms with Crippen molar-refractivity contribution in [2.75, 3.05) is 25.9 Å². The maximum Gasteiger partial charge on any atom is 0.277 e. The van der Waals surface area contributed by atoms with Gasteiger partial charge >= 0.3 is 0 Å². The van der Waals surface area contributed by atoms with E-state index in [0.29, 0.717) is 41.7 Å². The molecule has 1 heterocycles. The summed E-state index contributed by atoms with van der Waals surface area (Å²) in [4.78, 5) is 11.9. The van der Waals surface area contributed by atoms with Gasteiger partial charge in [-0.05, 0) is 40.1 Å². The number of benzene rings is 2. The Morgan fingerprint density at radius 3 is 2.69 bits per heavy atom. The van der Waals surface area contributed by atoms with Crippen molar-refractivity contribution in [2.24, 2.45) is 0 Å². The fourth-order valence-electron chi connectivity index (χ4n) is 2.74. The number of aromatic nitrogens is 2. The average molecular weight is 484 g/mol. The molecule has 0 aliphatic carbocycles. The van der Waals surface area contributed by atoms with Crippen molar-refractivity contribution < 1.29 is 23.3 Å². The molecule has 0 unspecified atom stereocenters. The van der Waals surface area contributed by atoms with E-state index in [2.05, 4.69) is 25.6 Å². The number of ether oxygens (including phenoxy) is 2. The monoisotopic (exact) mass is 483 g/mol. The Hall–Kier alpha value is -3.08. The summed E-state index contributed by atoms with van der Waals surface area (Å²) in [7, 11) is 1.50. The Morgan fingerprint density at radius 1 is 1.19 bits per heavy atom. The van der Waals surface area contributed by atoms with Crippen molar-refractivity contribution in [3.63, 3.8) is 0 Å². The number of nitrogen functional groups attached to an aromatic ring is 1. The van der Waals surface area contributed by atoms with Crippen molar-refractivity contribution in [3.05, 3.63) is 63.0 Å². The first-order valence-corrected chi connectivity index (χ1v) is 10.1. The molecule has 3 aromatic rings. The van der Waals surface area contributed by atoms with E-state index in [4.69, 9.17) is 38.4 Å². The molecule has 4 N–H and O–H groups in total. The summed E-state index contributed by atoms with van der Waals surface area (Å²) in [5.41, 5.74) is 6.87. The molecule has 0 aliphatic rings. The predicted molar refractivity (Wildman–Crippen MR) is 116 cm³/mol. The van der Waals surface area contributed by atoms with Gasteiger partial charge in [-0.25, -0.2) is 9.02 Å². The van der Waals surface area contributed by atoms with Crippen LogP contribution in [-0.2, 0) is 13.2 Å². The van der Waals surface area contributed by atoms with E-state index in [1.54, 1.807) is 18.2 Å². The van der Waals surface area contributed by atoms with Gasteiger partial charge in [-0.2, -0.15) is 0 Å². The number of methoxy groups -OCH3 is 1. The fourth-order valence-corrected chi connectivity index (χ4v) is 3.25. The third-order valence-corrected chi connectivity index (χ3v) is 4.95.